The van der Waals surface area contributed by atoms with E-state index in [1.54, 1.807) is 16.8 Å². The minimum Gasteiger partial charge on any atom is -0.365 e. The van der Waals surface area contributed by atoms with Crippen LogP contribution >= 0.6 is 0 Å². The Labute approximate surface area is 127 Å². The van der Waals surface area contributed by atoms with Crippen molar-refractivity contribution in [2.75, 3.05) is 26.7 Å². The van der Waals surface area contributed by atoms with E-state index in [9.17, 15) is 0 Å². The van der Waals surface area contributed by atoms with E-state index >= 15 is 0 Å². The smallest absolute Gasteiger partial charge is 0.0669 e. The highest BCUT2D eigenvalue weighted by Crippen LogP contribution is 2.40. The lowest BCUT2D eigenvalue weighted by Crippen LogP contribution is -2.46. The van der Waals surface area contributed by atoms with Gasteiger partial charge in [-0.1, -0.05) is 43.3 Å². The fraction of sp³-hybridized carbons (Fsp3) is 0.474. The van der Waals surface area contributed by atoms with Crippen LogP contribution < -0.4 is 0 Å². The van der Waals surface area contributed by atoms with Gasteiger partial charge in [0, 0.05) is 25.3 Å². The molecule has 2 nitrogen and oxygen atoms in total. The Balaban J connectivity index is 1.83. The molecule has 0 aromatic heterocycles. The first-order valence-electron chi connectivity index (χ1n) is 8.15. The second kappa shape index (κ2) is 5.03. The van der Waals surface area contributed by atoms with Gasteiger partial charge in [0.25, 0.3) is 0 Å². The Morgan fingerprint density at radius 1 is 1.14 bits per heavy atom. The van der Waals surface area contributed by atoms with Crippen LogP contribution in [0.3, 0.4) is 0 Å². The average molecular weight is 280 g/mol. The predicted octanol–water partition coefficient (Wildman–Crippen LogP) is 3.38. The van der Waals surface area contributed by atoms with Gasteiger partial charge in [0.1, 0.15) is 0 Å². The molecular formula is C19H24N2. The average Bonchev–Trinajstić information content (AvgIpc) is 2.62. The van der Waals surface area contributed by atoms with E-state index in [1.807, 2.05) is 0 Å². The summed E-state index contributed by atoms with van der Waals surface area (Å²) < 4.78 is 0. The second-order valence-corrected chi connectivity index (χ2v) is 6.86. The van der Waals surface area contributed by atoms with Crippen LogP contribution in [0, 0.1) is 5.92 Å². The summed E-state index contributed by atoms with van der Waals surface area (Å²) in [4.78, 5) is 5.19. The van der Waals surface area contributed by atoms with Crippen LogP contribution in [-0.4, -0.2) is 36.5 Å². The number of fused-ring (bicyclic) bond motifs is 4. The summed E-state index contributed by atoms with van der Waals surface area (Å²) in [6.45, 7) is 5.82. The maximum Gasteiger partial charge on any atom is 0.0669 e. The number of nitrogens with zero attached hydrogens (tertiary/aromatic N) is 2. The van der Waals surface area contributed by atoms with Crippen LogP contribution in [0.2, 0.25) is 0 Å². The van der Waals surface area contributed by atoms with Crippen LogP contribution in [-0.2, 0) is 6.42 Å². The van der Waals surface area contributed by atoms with Crippen LogP contribution in [0.1, 0.15) is 30.5 Å². The van der Waals surface area contributed by atoms with E-state index in [0.29, 0.717) is 12.0 Å². The molecule has 1 aliphatic carbocycles. The molecule has 0 amide bonds. The first kappa shape index (κ1) is 13.1. The van der Waals surface area contributed by atoms with Gasteiger partial charge in [0.2, 0.25) is 0 Å². The molecule has 3 aliphatic rings. The van der Waals surface area contributed by atoms with Gasteiger partial charge in [-0.15, -0.1) is 0 Å². The molecule has 2 heteroatoms. The van der Waals surface area contributed by atoms with E-state index < -0.39 is 0 Å². The summed E-state index contributed by atoms with van der Waals surface area (Å²) >= 11 is 0. The van der Waals surface area contributed by atoms with Crippen LogP contribution in [0.15, 0.2) is 47.7 Å². The van der Waals surface area contributed by atoms with Crippen molar-refractivity contribution in [2.24, 2.45) is 5.92 Å². The number of benzene rings is 1. The Morgan fingerprint density at radius 2 is 2.00 bits per heavy atom. The summed E-state index contributed by atoms with van der Waals surface area (Å²) in [5, 5.41) is 0. The van der Waals surface area contributed by atoms with Gasteiger partial charge in [-0.05, 0) is 42.5 Å². The Kier molecular flexibility index (Phi) is 3.15. The molecule has 2 aliphatic heterocycles. The molecule has 1 aromatic carbocycles. The Hall–Kier alpha value is -1.54. The molecule has 2 atom stereocenters. The maximum absolute atomic E-state index is 2.71. The lowest BCUT2D eigenvalue weighted by molar-refractivity contribution is 0.116. The zero-order chi connectivity index (χ0) is 14.4. The van der Waals surface area contributed by atoms with Gasteiger partial charge in [-0.2, -0.15) is 0 Å². The quantitative estimate of drug-likeness (QED) is 0.719. The molecule has 0 spiro atoms. The molecule has 1 aromatic rings. The zero-order valence-electron chi connectivity index (χ0n) is 13.0. The minimum absolute atomic E-state index is 0.533. The molecule has 1 fully saturated rings. The summed E-state index contributed by atoms with van der Waals surface area (Å²) in [6.07, 6.45) is 7.09. The first-order valence-corrected chi connectivity index (χ1v) is 8.15. The number of piperazine rings is 1. The standard InChI is InChI=1S/C19H24N2/c1-14-7-8-16-12-15-5-3-4-6-17(15)19-13-20(2)9-10-21(19)18(16)11-14/h3-8,14,19H,9-13H2,1-2H3. The predicted molar refractivity (Wildman–Crippen MR) is 87.0 cm³/mol. The number of likely N-dealkylation sites (N-methyl/N-ethyl adjacent to an activating group) is 1. The van der Waals surface area contributed by atoms with Gasteiger partial charge in [0.05, 0.1) is 6.04 Å². The van der Waals surface area contributed by atoms with Crippen molar-refractivity contribution < 1.29 is 0 Å². The Morgan fingerprint density at radius 3 is 2.90 bits per heavy atom. The van der Waals surface area contributed by atoms with Crippen molar-refractivity contribution in [3.8, 4) is 0 Å². The zero-order valence-corrected chi connectivity index (χ0v) is 13.0. The summed E-state index contributed by atoms with van der Waals surface area (Å²) in [5.41, 5.74) is 6.22. The summed E-state index contributed by atoms with van der Waals surface area (Å²) in [7, 11) is 2.25. The van der Waals surface area contributed by atoms with Crippen LogP contribution in [0.5, 0.6) is 0 Å². The van der Waals surface area contributed by atoms with E-state index in [4.69, 9.17) is 0 Å². The number of hydrogen-bond donors (Lipinski definition) is 0. The molecule has 4 rings (SSSR count). The van der Waals surface area contributed by atoms with Crippen molar-refractivity contribution in [3.63, 3.8) is 0 Å². The molecule has 0 bridgehead atoms. The van der Waals surface area contributed by atoms with Crippen molar-refractivity contribution in [1.29, 1.82) is 0 Å². The van der Waals surface area contributed by atoms with Gasteiger partial charge < -0.3 is 9.80 Å². The summed E-state index contributed by atoms with van der Waals surface area (Å²) in [6, 6.07) is 9.60. The number of hydrogen-bond acceptors (Lipinski definition) is 2. The van der Waals surface area contributed by atoms with Gasteiger partial charge >= 0.3 is 0 Å². The van der Waals surface area contributed by atoms with E-state index in [2.05, 4.69) is 60.2 Å². The van der Waals surface area contributed by atoms with E-state index in [1.165, 1.54) is 18.5 Å². The van der Waals surface area contributed by atoms with Gasteiger partial charge in [-0.3, -0.25) is 0 Å². The highest BCUT2D eigenvalue weighted by atomic mass is 15.3. The van der Waals surface area contributed by atoms with Crippen LogP contribution in [0.25, 0.3) is 0 Å². The third kappa shape index (κ3) is 2.22. The molecule has 2 unspecified atom stereocenters. The minimum atomic E-state index is 0.533. The van der Waals surface area contributed by atoms with Crippen molar-refractivity contribution in [1.82, 2.24) is 9.80 Å². The fourth-order valence-electron chi connectivity index (χ4n) is 4.08. The third-order valence-electron chi connectivity index (χ3n) is 5.24. The molecule has 2 heterocycles. The summed E-state index contributed by atoms with van der Waals surface area (Å²) in [5.74, 6) is 0.672. The molecule has 0 saturated carbocycles. The topological polar surface area (TPSA) is 6.48 Å². The SMILES string of the molecule is CC1C=CC2=C(C1)N1CCN(C)CC1c1ccccc1C2. The molecule has 110 valence electrons. The van der Waals surface area contributed by atoms with Gasteiger partial charge in [0.15, 0.2) is 0 Å². The highest BCUT2D eigenvalue weighted by Gasteiger charge is 2.34. The fourth-order valence-corrected chi connectivity index (χ4v) is 4.08. The molecular weight excluding hydrogens is 256 g/mol. The largest absolute Gasteiger partial charge is 0.365 e. The number of allylic oxidation sites excluding steroid dienone is 4. The lowest BCUT2D eigenvalue weighted by atomic mass is 9.91. The van der Waals surface area contributed by atoms with Crippen molar-refractivity contribution in [2.45, 2.75) is 25.8 Å². The second-order valence-electron chi connectivity index (χ2n) is 6.86. The molecule has 21 heavy (non-hydrogen) atoms. The number of rotatable bonds is 0. The van der Waals surface area contributed by atoms with Crippen molar-refractivity contribution >= 4 is 0 Å². The molecule has 0 radical (unpaired) electrons. The Bertz CT molecular complexity index is 614. The lowest BCUT2D eigenvalue weighted by Gasteiger charge is -2.43. The van der Waals surface area contributed by atoms with E-state index in [-0.39, 0.29) is 0 Å². The molecule has 0 N–H and O–H groups in total. The van der Waals surface area contributed by atoms with Crippen LogP contribution in [0.4, 0.5) is 0 Å². The highest BCUT2D eigenvalue weighted by molar-refractivity contribution is 5.43. The third-order valence-corrected chi connectivity index (χ3v) is 5.24. The van der Waals surface area contributed by atoms with Gasteiger partial charge in [-0.25, -0.2) is 0 Å². The van der Waals surface area contributed by atoms with E-state index in [0.717, 1.165) is 19.5 Å². The molecule has 1 saturated heterocycles. The van der Waals surface area contributed by atoms with Crippen molar-refractivity contribution in [3.05, 3.63) is 58.8 Å². The maximum atomic E-state index is 2.71. The first-order chi connectivity index (χ1) is 10.2. The normalized spacial score (nSPS) is 28.8. The monoisotopic (exact) mass is 280 g/mol.